The van der Waals surface area contributed by atoms with E-state index in [1.165, 1.54) is 44.3 Å². The fourth-order valence-corrected chi connectivity index (χ4v) is 2.62. The predicted molar refractivity (Wildman–Crippen MR) is 79.0 cm³/mol. The average molecular weight is 264 g/mol. The Bertz CT molecular complexity index is 351. The van der Waals surface area contributed by atoms with Gasteiger partial charge < -0.3 is 9.73 Å². The van der Waals surface area contributed by atoms with Crippen molar-refractivity contribution < 1.29 is 4.42 Å². The molecule has 0 atom stereocenters. The normalized spacial score (nSPS) is 17.8. The van der Waals surface area contributed by atoms with Gasteiger partial charge in [0.15, 0.2) is 0 Å². The maximum absolute atomic E-state index is 5.68. The zero-order valence-electron chi connectivity index (χ0n) is 12.5. The lowest BCUT2D eigenvalue weighted by molar-refractivity contribution is 0.253. The van der Waals surface area contributed by atoms with Gasteiger partial charge in [-0.25, -0.2) is 0 Å². The van der Waals surface area contributed by atoms with Gasteiger partial charge in [0, 0.05) is 12.1 Å². The molecule has 108 valence electrons. The van der Waals surface area contributed by atoms with E-state index >= 15 is 0 Å². The van der Waals surface area contributed by atoms with Gasteiger partial charge in [-0.3, -0.25) is 4.90 Å². The van der Waals surface area contributed by atoms with Crippen LogP contribution in [-0.4, -0.2) is 24.5 Å². The highest BCUT2D eigenvalue weighted by molar-refractivity contribution is 5.12. The molecule has 1 aromatic rings. The van der Waals surface area contributed by atoms with Gasteiger partial charge in [0.2, 0.25) is 0 Å². The average Bonchev–Trinajstić information content (AvgIpc) is 2.65. The topological polar surface area (TPSA) is 28.4 Å². The number of likely N-dealkylation sites (tertiary alicyclic amines) is 1. The predicted octanol–water partition coefficient (Wildman–Crippen LogP) is 3.40. The molecule has 1 aliphatic heterocycles. The molecule has 0 radical (unpaired) electrons. The standard InChI is InChI=1S/C16H28N2O/c1-14(2)10-17-11-15-9-16(19-13-15)12-18-7-5-3-4-6-8-18/h9,13-14,17H,3-8,10-12H2,1-2H3. The highest BCUT2D eigenvalue weighted by Gasteiger charge is 2.11. The molecule has 1 aliphatic rings. The molecule has 0 unspecified atom stereocenters. The van der Waals surface area contributed by atoms with E-state index in [9.17, 15) is 0 Å². The zero-order valence-corrected chi connectivity index (χ0v) is 12.5. The van der Waals surface area contributed by atoms with Crippen LogP contribution in [0.3, 0.4) is 0 Å². The molecule has 0 spiro atoms. The van der Waals surface area contributed by atoms with Crippen molar-refractivity contribution in [1.29, 1.82) is 0 Å². The van der Waals surface area contributed by atoms with Gasteiger partial charge in [-0.05, 0) is 44.5 Å². The molecule has 1 fully saturated rings. The van der Waals surface area contributed by atoms with Crippen LogP contribution in [0.25, 0.3) is 0 Å². The van der Waals surface area contributed by atoms with E-state index in [1.54, 1.807) is 0 Å². The zero-order chi connectivity index (χ0) is 13.5. The fourth-order valence-electron chi connectivity index (χ4n) is 2.62. The van der Waals surface area contributed by atoms with Crippen LogP contribution >= 0.6 is 0 Å². The van der Waals surface area contributed by atoms with Crippen LogP contribution in [0.15, 0.2) is 16.7 Å². The molecule has 19 heavy (non-hydrogen) atoms. The van der Waals surface area contributed by atoms with Crippen molar-refractivity contribution >= 4 is 0 Å². The number of rotatable bonds is 6. The quantitative estimate of drug-likeness (QED) is 0.853. The minimum atomic E-state index is 0.698. The van der Waals surface area contributed by atoms with Gasteiger partial charge in [0.1, 0.15) is 5.76 Å². The summed E-state index contributed by atoms with van der Waals surface area (Å²) in [6.45, 7) is 9.86. The Hall–Kier alpha value is -0.800. The van der Waals surface area contributed by atoms with Gasteiger partial charge >= 0.3 is 0 Å². The summed E-state index contributed by atoms with van der Waals surface area (Å²) in [5.74, 6) is 1.81. The van der Waals surface area contributed by atoms with Gasteiger partial charge in [-0.15, -0.1) is 0 Å². The third-order valence-electron chi connectivity index (χ3n) is 3.67. The summed E-state index contributed by atoms with van der Waals surface area (Å²) in [5.41, 5.74) is 1.27. The lowest BCUT2D eigenvalue weighted by Crippen LogP contribution is -2.23. The third kappa shape index (κ3) is 5.37. The molecule has 0 aromatic carbocycles. The maximum Gasteiger partial charge on any atom is 0.118 e. The van der Waals surface area contributed by atoms with Crippen LogP contribution in [0, 0.1) is 5.92 Å². The smallest absolute Gasteiger partial charge is 0.118 e. The number of nitrogens with zero attached hydrogens (tertiary/aromatic N) is 1. The van der Waals surface area contributed by atoms with E-state index in [0.717, 1.165) is 25.4 Å². The molecule has 3 heteroatoms. The Morgan fingerprint density at radius 2 is 1.95 bits per heavy atom. The number of furan rings is 1. The summed E-state index contributed by atoms with van der Waals surface area (Å²) in [5, 5.41) is 3.45. The van der Waals surface area contributed by atoms with E-state index in [1.807, 2.05) is 6.26 Å². The largest absolute Gasteiger partial charge is 0.468 e. The van der Waals surface area contributed by atoms with Crippen molar-refractivity contribution in [2.75, 3.05) is 19.6 Å². The van der Waals surface area contributed by atoms with E-state index < -0.39 is 0 Å². The molecule has 1 N–H and O–H groups in total. The summed E-state index contributed by atoms with van der Waals surface area (Å²) >= 11 is 0. The SMILES string of the molecule is CC(C)CNCc1coc(CN2CCCCCC2)c1. The monoisotopic (exact) mass is 264 g/mol. The second-order valence-corrected chi connectivity index (χ2v) is 6.14. The second kappa shape index (κ2) is 7.71. The van der Waals surface area contributed by atoms with Crippen LogP contribution in [-0.2, 0) is 13.1 Å². The molecule has 0 amide bonds. The van der Waals surface area contributed by atoms with Crippen LogP contribution in [0.4, 0.5) is 0 Å². The highest BCUT2D eigenvalue weighted by Crippen LogP contribution is 2.15. The first-order valence-corrected chi connectivity index (χ1v) is 7.73. The van der Waals surface area contributed by atoms with Crippen LogP contribution in [0.5, 0.6) is 0 Å². The first-order chi connectivity index (χ1) is 9.24. The molecule has 3 nitrogen and oxygen atoms in total. The lowest BCUT2D eigenvalue weighted by Gasteiger charge is -2.17. The first kappa shape index (κ1) is 14.6. The molecular formula is C16H28N2O. The minimum Gasteiger partial charge on any atom is -0.468 e. The summed E-state index contributed by atoms with van der Waals surface area (Å²) < 4.78 is 5.68. The van der Waals surface area contributed by atoms with E-state index in [0.29, 0.717) is 5.92 Å². The van der Waals surface area contributed by atoms with Crippen molar-refractivity contribution in [2.24, 2.45) is 5.92 Å². The van der Waals surface area contributed by atoms with E-state index in [4.69, 9.17) is 4.42 Å². The Kier molecular flexibility index (Phi) is 5.93. The van der Waals surface area contributed by atoms with Gasteiger partial charge in [0.05, 0.1) is 12.8 Å². The van der Waals surface area contributed by atoms with Crippen molar-refractivity contribution in [1.82, 2.24) is 10.2 Å². The molecule has 0 aliphatic carbocycles. The van der Waals surface area contributed by atoms with Gasteiger partial charge in [0.25, 0.3) is 0 Å². The molecule has 1 aromatic heterocycles. The molecule has 2 heterocycles. The molecule has 0 saturated carbocycles. The van der Waals surface area contributed by atoms with Crippen molar-refractivity contribution in [2.45, 2.75) is 52.6 Å². The number of hydrogen-bond acceptors (Lipinski definition) is 3. The second-order valence-electron chi connectivity index (χ2n) is 6.14. The van der Waals surface area contributed by atoms with Crippen molar-refractivity contribution in [3.05, 3.63) is 23.7 Å². The Morgan fingerprint density at radius 1 is 1.21 bits per heavy atom. The summed E-state index contributed by atoms with van der Waals surface area (Å²) in [7, 11) is 0. The molecular weight excluding hydrogens is 236 g/mol. The van der Waals surface area contributed by atoms with Gasteiger partial charge in [-0.2, -0.15) is 0 Å². The number of nitrogens with one attached hydrogen (secondary N) is 1. The summed E-state index contributed by atoms with van der Waals surface area (Å²) in [4.78, 5) is 2.52. The van der Waals surface area contributed by atoms with Crippen molar-refractivity contribution in [3.63, 3.8) is 0 Å². The molecule has 1 saturated heterocycles. The minimum absolute atomic E-state index is 0.698. The van der Waals surface area contributed by atoms with Crippen LogP contribution < -0.4 is 5.32 Å². The first-order valence-electron chi connectivity index (χ1n) is 7.73. The summed E-state index contributed by atoms with van der Waals surface area (Å²) in [6, 6.07) is 2.21. The van der Waals surface area contributed by atoms with Gasteiger partial charge in [-0.1, -0.05) is 26.7 Å². The molecule has 2 rings (SSSR count). The molecule has 0 bridgehead atoms. The van der Waals surface area contributed by atoms with Crippen molar-refractivity contribution in [3.8, 4) is 0 Å². The van der Waals surface area contributed by atoms with Crippen LogP contribution in [0.2, 0.25) is 0 Å². The third-order valence-corrected chi connectivity index (χ3v) is 3.67. The Morgan fingerprint density at radius 3 is 2.63 bits per heavy atom. The van der Waals surface area contributed by atoms with Crippen LogP contribution in [0.1, 0.15) is 50.9 Å². The number of hydrogen-bond donors (Lipinski definition) is 1. The Labute approximate surface area is 117 Å². The Balaban J connectivity index is 1.76. The van der Waals surface area contributed by atoms with E-state index in [-0.39, 0.29) is 0 Å². The summed E-state index contributed by atoms with van der Waals surface area (Å²) in [6.07, 6.45) is 7.35. The fraction of sp³-hybridized carbons (Fsp3) is 0.750. The lowest BCUT2D eigenvalue weighted by atomic mass is 10.2. The maximum atomic E-state index is 5.68. The highest BCUT2D eigenvalue weighted by atomic mass is 16.3. The van der Waals surface area contributed by atoms with E-state index in [2.05, 4.69) is 30.1 Å².